The molecule has 0 spiro atoms. The Balaban J connectivity index is 2.50. The first-order valence-electron chi connectivity index (χ1n) is 5.35. The van der Waals surface area contributed by atoms with Crippen LogP contribution in [0.25, 0.3) is 0 Å². The Hall–Kier alpha value is -0.650. The van der Waals surface area contributed by atoms with Crippen molar-refractivity contribution in [3.8, 4) is 0 Å². The van der Waals surface area contributed by atoms with Crippen molar-refractivity contribution in [1.82, 2.24) is 15.1 Å². The number of piperazine rings is 1. The highest BCUT2D eigenvalue weighted by molar-refractivity contribution is 5.83. The van der Waals surface area contributed by atoms with Crippen LogP contribution in [0.3, 0.4) is 0 Å². The van der Waals surface area contributed by atoms with E-state index in [2.05, 4.69) is 5.32 Å². The molecule has 1 aliphatic rings. The van der Waals surface area contributed by atoms with Crippen molar-refractivity contribution in [2.24, 2.45) is 0 Å². The van der Waals surface area contributed by atoms with Gasteiger partial charge in [-0.15, -0.1) is 0 Å². The molecule has 2 unspecified atom stereocenters. The number of hydrogen-bond donors (Lipinski definition) is 2. The molecule has 5 nitrogen and oxygen atoms in total. The van der Waals surface area contributed by atoms with Gasteiger partial charge in [-0.3, -0.25) is 10.1 Å². The second kappa shape index (κ2) is 5.44. The van der Waals surface area contributed by atoms with Crippen LogP contribution in [0.5, 0.6) is 0 Å². The molecule has 2 atom stereocenters. The fourth-order valence-electron chi connectivity index (χ4n) is 1.76. The Morgan fingerprint density at radius 3 is 2.80 bits per heavy atom. The number of aliphatic hydroxyl groups is 1. The molecule has 0 aromatic rings. The average Bonchev–Trinajstić information content (AvgIpc) is 2.18. The molecule has 1 rings (SSSR count). The Bertz CT molecular complexity index is 221. The molecule has 0 aliphatic carbocycles. The minimum atomic E-state index is -0.420. The molecular weight excluding hydrogens is 194 g/mol. The Morgan fingerprint density at radius 1 is 1.60 bits per heavy atom. The van der Waals surface area contributed by atoms with Crippen LogP contribution in [-0.4, -0.2) is 73.2 Å². The monoisotopic (exact) mass is 215 g/mol. The summed E-state index contributed by atoms with van der Waals surface area (Å²) in [6.07, 6.45) is 0. The number of rotatable bonds is 4. The van der Waals surface area contributed by atoms with E-state index < -0.39 is 6.04 Å². The topological polar surface area (TPSA) is 55.8 Å². The van der Waals surface area contributed by atoms with Crippen molar-refractivity contribution in [1.29, 1.82) is 0 Å². The summed E-state index contributed by atoms with van der Waals surface area (Å²) in [4.78, 5) is 15.7. The second-order valence-electron chi connectivity index (χ2n) is 4.39. The fourth-order valence-corrected chi connectivity index (χ4v) is 1.76. The second-order valence-corrected chi connectivity index (χ2v) is 4.39. The van der Waals surface area contributed by atoms with Gasteiger partial charge in [0.05, 0.1) is 6.61 Å². The molecule has 0 aromatic carbocycles. The van der Waals surface area contributed by atoms with Crippen molar-refractivity contribution >= 4 is 5.91 Å². The van der Waals surface area contributed by atoms with Crippen LogP contribution < -0.4 is 5.32 Å². The van der Waals surface area contributed by atoms with Crippen LogP contribution >= 0.6 is 0 Å². The van der Waals surface area contributed by atoms with Crippen molar-refractivity contribution in [2.75, 3.05) is 40.3 Å². The van der Waals surface area contributed by atoms with E-state index >= 15 is 0 Å². The predicted octanol–water partition coefficient (Wildman–Crippen LogP) is -1.27. The van der Waals surface area contributed by atoms with Crippen LogP contribution in [0.4, 0.5) is 0 Å². The minimum absolute atomic E-state index is 0.0115. The first kappa shape index (κ1) is 12.4. The molecule has 5 heteroatoms. The molecule has 1 saturated heterocycles. The first-order chi connectivity index (χ1) is 7.04. The third kappa shape index (κ3) is 3.44. The number of carbonyl (C=O) groups is 1. The molecule has 1 fully saturated rings. The highest BCUT2D eigenvalue weighted by atomic mass is 16.3. The summed E-state index contributed by atoms with van der Waals surface area (Å²) in [6, 6.07) is -0.169. The van der Waals surface area contributed by atoms with E-state index in [1.807, 2.05) is 30.8 Å². The quantitative estimate of drug-likeness (QED) is 0.614. The lowest BCUT2D eigenvalue weighted by Gasteiger charge is -2.36. The first-order valence-corrected chi connectivity index (χ1v) is 5.35. The molecule has 0 radical (unpaired) electrons. The largest absolute Gasteiger partial charge is 0.394 e. The fraction of sp³-hybridized carbons (Fsp3) is 0.900. The van der Waals surface area contributed by atoms with E-state index in [1.165, 1.54) is 0 Å². The molecule has 15 heavy (non-hydrogen) atoms. The minimum Gasteiger partial charge on any atom is -0.394 e. The molecule has 0 aromatic heterocycles. The maximum absolute atomic E-state index is 11.8. The van der Waals surface area contributed by atoms with Crippen LogP contribution in [-0.2, 0) is 4.79 Å². The normalized spacial score (nSPS) is 27.5. The smallest absolute Gasteiger partial charge is 0.242 e. The molecular formula is C10H21N3O2. The number of carbonyl (C=O) groups excluding carboxylic acids is 1. The number of likely N-dealkylation sites (N-methyl/N-ethyl adjacent to an activating group) is 1. The van der Waals surface area contributed by atoms with Gasteiger partial charge in [-0.25, -0.2) is 0 Å². The lowest BCUT2D eigenvalue weighted by molar-refractivity contribution is -0.138. The Morgan fingerprint density at radius 2 is 2.27 bits per heavy atom. The molecule has 0 saturated carbocycles. The van der Waals surface area contributed by atoms with Gasteiger partial charge < -0.3 is 14.9 Å². The van der Waals surface area contributed by atoms with Crippen LogP contribution in [0, 0.1) is 0 Å². The number of aliphatic hydroxyl groups excluding tert-OH is 1. The number of nitrogens with one attached hydrogen (secondary N) is 1. The number of nitrogens with zero attached hydrogens (tertiary/aromatic N) is 2. The summed E-state index contributed by atoms with van der Waals surface area (Å²) >= 11 is 0. The summed E-state index contributed by atoms with van der Waals surface area (Å²) in [7, 11) is 3.97. The standard InChI is InChI=1S/C10H21N3O2/c1-8-6-13(5-4-12(2)3)10(15)9(7-14)11-8/h8-9,11,14H,4-7H2,1-3H3. The van der Waals surface area contributed by atoms with Gasteiger partial charge in [0.25, 0.3) is 0 Å². The van der Waals surface area contributed by atoms with Crippen molar-refractivity contribution in [3.05, 3.63) is 0 Å². The summed E-state index contributed by atoms with van der Waals surface area (Å²) in [6.45, 7) is 4.22. The highest BCUT2D eigenvalue weighted by Gasteiger charge is 2.30. The third-order valence-corrected chi connectivity index (χ3v) is 2.59. The summed E-state index contributed by atoms with van der Waals surface area (Å²) in [5.41, 5.74) is 0. The summed E-state index contributed by atoms with van der Waals surface area (Å²) in [5.74, 6) is 0.0115. The van der Waals surface area contributed by atoms with Gasteiger partial charge in [0.1, 0.15) is 6.04 Å². The van der Waals surface area contributed by atoms with Crippen molar-refractivity contribution < 1.29 is 9.90 Å². The van der Waals surface area contributed by atoms with E-state index in [4.69, 9.17) is 5.11 Å². The van der Waals surface area contributed by atoms with E-state index in [1.54, 1.807) is 0 Å². The maximum atomic E-state index is 11.8. The van der Waals surface area contributed by atoms with Crippen LogP contribution in [0.15, 0.2) is 0 Å². The lowest BCUT2D eigenvalue weighted by Crippen LogP contribution is -2.61. The zero-order valence-corrected chi connectivity index (χ0v) is 9.73. The third-order valence-electron chi connectivity index (χ3n) is 2.59. The van der Waals surface area contributed by atoms with Gasteiger partial charge >= 0.3 is 0 Å². The van der Waals surface area contributed by atoms with Gasteiger partial charge in [0.2, 0.25) is 5.91 Å². The molecule has 1 amide bonds. The van der Waals surface area contributed by atoms with E-state index in [-0.39, 0.29) is 18.6 Å². The van der Waals surface area contributed by atoms with Crippen molar-refractivity contribution in [3.63, 3.8) is 0 Å². The summed E-state index contributed by atoms with van der Waals surface area (Å²) < 4.78 is 0. The van der Waals surface area contributed by atoms with Gasteiger partial charge in [-0.2, -0.15) is 0 Å². The number of amides is 1. The van der Waals surface area contributed by atoms with E-state index in [9.17, 15) is 4.79 Å². The van der Waals surface area contributed by atoms with Gasteiger partial charge in [0.15, 0.2) is 0 Å². The molecule has 2 N–H and O–H groups in total. The SMILES string of the molecule is CC1CN(CCN(C)C)C(=O)C(CO)N1. The Kier molecular flexibility index (Phi) is 4.50. The van der Waals surface area contributed by atoms with Crippen molar-refractivity contribution in [2.45, 2.75) is 19.0 Å². The van der Waals surface area contributed by atoms with Gasteiger partial charge in [-0.1, -0.05) is 0 Å². The van der Waals surface area contributed by atoms with E-state index in [0.717, 1.165) is 19.6 Å². The highest BCUT2D eigenvalue weighted by Crippen LogP contribution is 2.05. The van der Waals surface area contributed by atoms with Crippen LogP contribution in [0.2, 0.25) is 0 Å². The van der Waals surface area contributed by atoms with Crippen LogP contribution in [0.1, 0.15) is 6.92 Å². The van der Waals surface area contributed by atoms with Gasteiger partial charge in [-0.05, 0) is 21.0 Å². The van der Waals surface area contributed by atoms with Gasteiger partial charge in [0, 0.05) is 25.7 Å². The molecule has 1 aliphatic heterocycles. The zero-order chi connectivity index (χ0) is 11.4. The maximum Gasteiger partial charge on any atom is 0.242 e. The molecule has 1 heterocycles. The van der Waals surface area contributed by atoms with E-state index in [0.29, 0.717) is 0 Å². The molecule has 88 valence electrons. The molecule has 0 bridgehead atoms. The summed E-state index contributed by atoms with van der Waals surface area (Å²) in [5, 5.41) is 12.1. The average molecular weight is 215 g/mol. The Labute approximate surface area is 91.0 Å². The predicted molar refractivity (Wildman–Crippen MR) is 58.6 cm³/mol. The lowest BCUT2D eigenvalue weighted by atomic mass is 10.1. The number of hydrogen-bond acceptors (Lipinski definition) is 4. The zero-order valence-electron chi connectivity index (χ0n) is 9.73.